The van der Waals surface area contributed by atoms with Crippen molar-refractivity contribution >= 4 is 17.9 Å². The lowest BCUT2D eigenvalue weighted by Crippen LogP contribution is -2.37. The van der Waals surface area contributed by atoms with E-state index in [1.54, 1.807) is 0 Å². The Morgan fingerprint density at radius 2 is 1.62 bits per heavy atom. The average molecular weight is 667 g/mol. The summed E-state index contributed by atoms with van der Waals surface area (Å²) in [7, 11) is 1.37. The highest BCUT2D eigenvalue weighted by molar-refractivity contribution is 5.69. The summed E-state index contributed by atoms with van der Waals surface area (Å²) in [6.07, 6.45) is 15.0. The summed E-state index contributed by atoms with van der Waals surface area (Å²) in [4.78, 5) is 36.1. The van der Waals surface area contributed by atoms with Crippen molar-refractivity contribution in [3.63, 3.8) is 0 Å². The molecular formula is C37H62O10. The fourth-order valence-electron chi connectivity index (χ4n) is 7.17. The lowest BCUT2D eigenvalue weighted by molar-refractivity contribution is -0.198. The number of esters is 3. The van der Waals surface area contributed by atoms with Crippen LogP contribution in [0.3, 0.4) is 0 Å². The van der Waals surface area contributed by atoms with Gasteiger partial charge in [0.1, 0.15) is 12.2 Å². The number of rotatable bonds is 19. The quantitative estimate of drug-likeness (QED) is 0.0796. The van der Waals surface area contributed by atoms with Gasteiger partial charge in [-0.15, -0.1) is 0 Å². The molecule has 0 bridgehead atoms. The van der Waals surface area contributed by atoms with Crippen LogP contribution in [0.15, 0.2) is 12.2 Å². The highest BCUT2D eigenvalue weighted by Crippen LogP contribution is 2.43. The maximum Gasteiger partial charge on any atom is 0.305 e. The molecule has 10 nitrogen and oxygen atoms in total. The van der Waals surface area contributed by atoms with Crippen LogP contribution in [0.2, 0.25) is 0 Å². The minimum absolute atomic E-state index is 0.0762. The lowest BCUT2D eigenvalue weighted by Gasteiger charge is -2.37. The predicted octanol–water partition coefficient (Wildman–Crippen LogP) is 7.21. The van der Waals surface area contributed by atoms with Crippen molar-refractivity contribution in [1.29, 1.82) is 0 Å². The molecule has 1 saturated carbocycles. The first-order valence-electron chi connectivity index (χ1n) is 18.2. The number of hydrogen-bond acceptors (Lipinski definition) is 10. The Labute approximate surface area is 282 Å². The van der Waals surface area contributed by atoms with Crippen molar-refractivity contribution in [2.45, 2.75) is 168 Å². The van der Waals surface area contributed by atoms with Crippen LogP contribution >= 0.6 is 0 Å². The number of unbranched alkanes of at least 4 members (excludes halogenated alkanes) is 1. The molecule has 1 aliphatic carbocycles. The highest BCUT2D eigenvalue weighted by atomic mass is 16.7. The first-order chi connectivity index (χ1) is 22.5. The summed E-state index contributed by atoms with van der Waals surface area (Å²) in [6, 6.07) is 0. The molecule has 2 heterocycles. The van der Waals surface area contributed by atoms with E-state index in [2.05, 4.69) is 32.9 Å². The molecule has 3 fully saturated rings. The van der Waals surface area contributed by atoms with Crippen LogP contribution in [0.25, 0.3) is 0 Å². The van der Waals surface area contributed by atoms with Gasteiger partial charge >= 0.3 is 17.9 Å². The van der Waals surface area contributed by atoms with E-state index in [-0.39, 0.29) is 78.6 Å². The molecule has 0 amide bonds. The molecule has 0 aromatic rings. The minimum atomic E-state index is -0.367. The Morgan fingerprint density at radius 3 is 2.21 bits per heavy atom. The second-order valence-electron chi connectivity index (χ2n) is 14.2. The van der Waals surface area contributed by atoms with E-state index in [0.717, 1.165) is 57.8 Å². The van der Waals surface area contributed by atoms with E-state index >= 15 is 0 Å². The molecule has 0 aromatic carbocycles. The molecule has 0 radical (unpaired) electrons. The zero-order valence-corrected chi connectivity index (χ0v) is 29.9. The zero-order chi connectivity index (χ0) is 34.2. The Hall–Kier alpha value is -2.01. The van der Waals surface area contributed by atoms with E-state index in [0.29, 0.717) is 45.3 Å². The summed E-state index contributed by atoms with van der Waals surface area (Å²) < 4.78 is 41.8. The van der Waals surface area contributed by atoms with Crippen LogP contribution < -0.4 is 0 Å². The molecule has 47 heavy (non-hydrogen) atoms. The molecule has 0 N–H and O–H groups in total. The van der Waals surface area contributed by atoms with Crippen molar-refractivity contribution < 1.29 is 47.5 Å². The molecule has 270 valence electrons. The largest absolute Gasteiger partial charge is 0.469 e. The second-order valence-corrected chi connectivity index (χ2v) is 14.2. The van der Waals surface area contributed by atoms with Gasteiger partial charge in [0.25, 0.3) is 0 Å². The molecule has 10 heteroatoms. The normalized spacial score (nSPS) is 28.1. The lowest BCUT2D eigenvalue weighted by atomic mass is 9.80. The molecule has 3 aliphatic rings. The summed E-state index contributed by atoms with van der Waals surface area (Å²) in [5.74, 6) is -1.14. The first kappa shape index (κ1) is 39.4. The summed E-state index contributed by atoms with van der Waals surface area (Å²) in [5, 5.41) is 0. The predicted molar refractivity (Wildman–Crippen MR) is 177 cm³/mol. The molecule has 2 saturated heterocycles. The topological polar surface area (TPSA) is 116 Å². The van der Waals surface area contributed by atoms with Crippen molar-refractivity contribution in [2.24, 2.45) is 17.3 Å². The smallest absolute Gasteiger partial charge is 0.305 e. The standard InChI is InChI=1S/C37H62O10/c1-7-8-22-37(4,5)33(47-36-17-10-12-24-43-36)21-20-30-29(19-18-28(44-26(2)38)14-13-15-34(40)41-6)31(45-27(3)39)25-32(30)46-35-16-9-11-23-42-35/h20-21,28-33,35-36H,7-19,22-25H2,1-6H3/b21-20+/t28?,29-,30-,31+,32-,33?,35?,36?/m1/s1. The van der Waals surface area contributed by atoms with E-state index in [1.807, 2.05) is 0 Å². The molecule has 0 aromatic heterocycles. The molecule has 3 rings (SSSR count). The molecule has 2 aliphatic heterocycles. The van der Waals surface area contributed by atoms with E-state index in [9.17, 15) is 14.4 Å². The maximum absolute atomic E-state index is 12.3. The van der Waals surface area contributed by atoms with Gasteiger partial charge in [-0.05, 0) is 76.0 Å². The van der Waals surface area contributed by atoms with Crippen LogP contribution in [-0.4, -0.2) is 75.2 Å². The molecule has 0 spiro atoms. The van der Waals surface area contributed by atoms with Crippen molar-refractivity contribution in [3.8, 4) is 0 Å². The van der Waals surface area contributed by atoms with Gasteiger partial charge in [0, 0.05) is 51.7 Å². The zero-order valence-electron chi connectivity index (χ0n) is 29.9. The van der Waals surface area contributed by atoms with E-state index in [4.69, 9.17) is 33.2 Å². The number of carbonyl (C=O) groups excluding carboxylic acids is 3. The number of methoxy groups -OCH3 is 1. The fraction of sp³-hybridized carbons (Fsp3) is 0.865. The number of ether oxygens (including phenoxy) is 7. The third-order valence-corrected chi connectivity index (χ3v) is 9.83. The van der Waals surface area contributed by atoms with Crippen LogP contribution in [0, 0.1) is 17.3 Å². The Bertz CT molecular complexity index is 968. The minimum Gasteiger partial charge on any atom is -0.469 e. The van der Waals surface area contributed by atoms with Gasteiger partial charge in [-0.2, -0.15) is 0 Å². The van der Waals surface area contributed by atoms with Crippen LogP contribution in [0.1, 0.15) is 131 Å². The SMILES string of the molecule is CCCCC(C)(C)C(/C=C/[C@@H]1[C@@H](CCC(CCCC(=O)OC)OC(C)=O)[C@@H](OC(C)=O)C[C@H]1OC1CCCCO1)OC1CCCCO1. The summed E-state index contributed by atoms with van der Waals surface area (Å²) in [6.45, 7) is 11.0. The van der Waals surface area contributed by atoms with Crippen LogP contribution in [-0.2, 0) is 47.5 Å². The second kappa shape index (κ2) is 20.5. The van der Waals surface area contributed by atoms with Gasteiger partial charge in [0.05, 0.1) is 19.3 Å². The average Bonchev–Trinajstić information content (AvgIpc) is 3.35. The number of hydrogen-bond donors (Lipinski definition) is 0. The Kier molecular flexibility index (Phi) is 17.2. The Balaban J connectivity index is 1.89. The molecule has 4 unspecified atom stereocenters. The first-order valence-corrected chi connectivity index (χ1v) is 18.2. The van der Waals surface area contributed by atoms with E-state index in [1.165, 1.54) is 21.0 Å². The highest BCUT2D eigenvalue weighted by Gasteiger charge is 2.46. The molecule has 8 atom stereocenters. The van der Waals surface area contributed by atoms with E-state index < -0.39 is 0 Å². The van der Waals surface area contributed by atoms with Gasteiger partial charge in [-0.3, -0.25) is 14.4 Å². The monoisotopic (exact) mass is 666 g/mol. The van der Waals surface area contributed by atoms with Gasteiger partial charge < -0.3 is 33.2 Å². The van der Waals surface area contributed by atoms with Gasteiger partial charge in [-0.25, -0.2) is 0 Å². The summed E-state index contributed by atoms with van der Waals surface area (Å²) >= 11 is 0. The van der Waals surface area contributed by atoms with Crippen molar-refractivity contribution in [2.75, 3.05) is 20.3 Å². The fourth-order valence-corrected chi connectivity index (χ4v) is 7.17. The maximum atomic E-state index is 12.3. The van der Waals surface area contributed by atoms with Gasteiger partial charge in [-0.1, -0.05) is 45.8 Å². The third kappa shape index (κ3) is 13.8. The van der Waals surface area contributed by atoms with Gasteiger partial charge in [0.2, 0.25) is 0 Å². The van der Waals surface area contributed by atoms with Crippen molar-refractivity contribution in [1.82, 2.24) is 0 Å². The number of carbonyl (C=O) groups is 3. The van der Waals surface area contributed by atoms with Gasteiger partial charge in [0.15, 0.2) is 12.6 Å². The van der Waals surface area contributed by atoms with Crippen LogP contribution in [0.4, 0.5) is 0 Å². The van der Waals surface area contributed by atoms with Crippen LogP contribution in [0.5, 0.6) is 0 Å². The van der Waals surface area contributed by atoms with Crippen molar-refractivity contribution in [3.05, 3.63) is 12.2 Å². The third-order valence-electron chi connectivity index (χ3n) is 9.83. The molecular weight excluding hydrogens is 604 g/mol. The summed E-state index contributed by atoms with van der Waals surface area (Å²) in [5.41, 5.74) is -0.125. The Morgan fingerprint density at radius 1 is 0.915 bits per heavy atom.